The smallest absolute Gasteiger partial charge is 0.342 e. The lowest BCUT2D eigenvalue weighted by atomic mass is 10.2. The Morgan fingerprint density at radius 3 is 2.93 bits per heavy atom. The van der Waals surface area contributed by atoms with E-state index in [9.17, 15) is 4.79 Å². The van der Waals surface area contributed by atoms with Gasteiger partial charge in [-0.2, -0.15) is 4.37 Å². The molecular weight excluding hydrogens is 200 g/mol. The van der Waals surface area contributed by atoms with E-state index in [0.717, 1.165) is 10.7 Å². The average molecular weight is 212 g/mol. The third kappa shape index (κ3) is 1.72. The van der Waals surface area contributed by atoms with Crippen molar-refractivity contribution in [3.8, 4) is 0 Å². The van der Waals surface area contributed by atoms with E-state index in [4.69, 9.17) is 4.74 Å². The van der Waals surface area contributed by atoms with Crippen LogP contribution in [0.2, 0.25) is 0 Å². The zero-order chi connectivity index (χ0) is 10.1. The molecule has 0 aliphatic heterocycles. The van der Waals surface area contributed by atoms with Gasteiger partial charge >= 0.3 is 5.97 Å². The molecule has 0 saturated heterocycles. The van der Waals surface area contributed by atoms with Crippen LogP contribution in [0.4, 0.5) is 5.00 Å². The standard InChI is InChI=1S/C9H12N2O2S/c1-5-7(9(12)13-2)8(14-11-5)10-6-3-4-6/h6,10H,3-4H2,1-2H3. The number of esters is 1. The summed E-state index contributed by atoms with van der Waals surface area (Å²) in [6.45, 7) is 1.82. The van der Waals surface area contributed by atoms with Crippen molar-refractivity contribution in [3.63, 3.8) is 0 Å². The van der Waals surface area contributed by atoms with Gasteiger partial charge in [-0.05, 0) is 31.3 Å². The first-order valence-electron chi connectivity index (χ1n) is 4.53. The van der Waals surface area contributed by atoms with Gasteiger partial charge in [-0.25, -0.2) is 4.79 Å². The molecule has 1 aliphatic carbocycles. The fraction of sp³-hybridized carbons (Fsp3) is 0.556. The number of anilines is 1. The Bertz CT molecular complexity index is 358. The van der Waals surface area contributed by atoms with Gasteiger partial charge in [-0.3, -0.25) is 0 Å². The number of aryl methyl sites for hydroxylation is 1. The second-order valence-corrected chi connectivity index (χ2v) is 4.16. The summed E-state index contributed by atoms with van der Waals surface area (Å²) >= 11 is 1.33. The predicted molar refractivity (Wildman–Crippen MR) is 54.8 cm³/mol. The van der Waals surface area contributed by atoms with Crippen LogP contribution >= 0.6 is 11.5 Å². The highest BCUT2D eigenvalue weighted by Crippen LogP contribution is 2.31. The van der Waals surface area contributed by atoms with Crippen molar-refractivity contribution < 1.29 is 9.53 Å². The van der Waals surface area contributed by atoms with Crippen LogP contribution in [0.3, 0.4) is 0 Å². The maximum atomic E-state index is 11.4. The molecule has 0 spiro atoms. The summed E-state index contributed by atoms with van der Waals surface area (Å²) < 4.78 is 8.85. The number of carbonyl (C=O) groups excluding carboxylic acids is 1. The van der Waals surface area contributed by atoms with Crippen LogP contribution in [0.5, 0.6) is 0 Å². The van der Waals surface area contributed by atoms with Crippen molar-refractivity contribution in [2.24, 2.45) is 0 Å². The van der Waals surface area contributed by atoms with Gasteiger partial charge in [0.05, 0.1) is 12.8 Å². The van der Waals surface area contributed by atoms with Gasteiger partial charge in [0.2, 0.25) is 0 Å². The largest absolute Gasteiger partial charge is 0.465 e. The molecule has 1 aromatic rings. The molecular formula is C9H12N2O2S. The van der Waals surface area contributed by atoms with Crippen molar-refractivity contribution in [1.82, 2.24) is 4.37 Å². The fourth-order valence-electron chi connectivity index (χ4n) is 1.22. The summed E-state index contributed by atoms with van der Waals surface area (Å²) in [5.74, 6) is -0.306. The number of rotatable bonds is 3. The van der Waals surface area contributed by atoms with E-state index in [1.165, 1.54) is 31.5 Å². The molecule has 0 unspecified atom stereocenters. The number of nitrogens with zero attached hydrogens (tertiary/aromatic N) is 1. The summed E-state index contributed by atoms with van der Waals surface area (Å²) in [6.07, 6.45) is 2.36. The van der Waals surface area contributed by atoms with Crippen LogP contribution < -0.4 is 5.32 Å². The van der Waals surface area contributed by atoms with Crippen LogP contribution in [0.15, 0.2) is 0 Å². The van der Waals surface area contributed by atoms with E-state index in [-0.39, 0.29) is 5.97 Å². The molecule has 14 heavy (non-hydrogen) atoms. The van der Waals surface area contributed by atoms with Crippen molar-refractivity contribution in [2.45, 2.75) is 25.8 Å². The molecule has 1 fully saturated rings. The second kappa shape index (κ2) is 3.57. The van der Waals surface area contributed by atoms with Crippen LogP contribution in [0.25, 0.3) is 0 Å². The third-order valence-corrected chi connectivity index (χ3v) is 3.03. The number of nitrogens with one attached hydrogen (secondary N) is 1. The molecule has 5 heteroatoms. The zero-order valence-corrected chi connectivity index (χ0v) is 8.98. The van der Waals surface area contributed by atoms with E-state index in [0.29, 0.717) is 11.6 Å². The highest BCUT2D eigenvalue weighted by atomic mass is 32.1. The van der Waals surface area contributed by atoms with Gasteiger partial charge in [0.1, 0.15) is 10.6 Å². The molecule has 76 valence electrons. The lowest BCUT2D eigenvalue weighted by Gasteiger charge is -2.03. The highest BCUT2D eigenvalue weighted by molar-refractivity contribution is 7.10. The quantitative estimate of drug-likeness (QED) is 0.776. The SMILES string of the molecule is COC(=O)c1c(C)nsc1NC1CC1. The average Bonchev–Trinajstić information content (AvgIpc) is 2.90. The van der Waals surface area contributed by atoms with Crippen molar-refractivity contribution in [1.29, 1.82) is 0 Å². The number of carbonyl (C=O) groups is 1. The molecule has 1 aromatic heterocycles. The van der Waals surface area contributed by atoms with Crippen molar-refractivity contribution in [3.05, 3.63) is 11.3 Å². The molecule has 0 radical (unpaired) electrons. The van der Waals surface area contributed by atoms with Gasteiger partial charge in [-0.1, -0.05) is 0 Å². The van der Waals surface area contributed by atoms with Crippen LogP contribution in [-0.2, 0) is 4.74 Å². The molecule has 2 rings (SSSR count). The lowest BCUT2D eigenvalue weighted by molar-refractivity contribution is 0.0601. The number of hydrogen-bond donors (Lipinski definition) is 1. The van der Waals surface area contributed by atoms with Gasteiger partial charge in [0.15, 0.2) is 0 Å². The van der Waals surface area contributed by atoms with Crippen LogP contribution in [-0.4, -0.2) is 23.5 Å². The van der Waals surface area contributed by atoms with Crippen LogP contribution in [0.1, 0.15) is 28.9 Å². The maximum absolute atomic E-state index is 11.4. The molecule has 4 nitrogen and oxygen atoms in total. The Kier molecular flexibility index (Phi) is 2.41. The zero-order valence-electron chi connectivity index (χ0n) is 8.16. The number of hydrogen-bond acceptors (Lipinski definition) is 5. The Labute approximate surface area is 86.4 Å². The number of aromatic nitrogens is 1. The summed E-state index contributed by atoms with van der Waals surface area (Å²) in [5.41, 5.74) is 1.33. The first-order chi connectivity index (χ1) is 6.72. The first kappa shape index (κ1) is 9.45. The molecule has 1 aliphatic rings. The molecule has 1 heterocycles. The summed E-state index contributed by atoms with van der Waals surface area (Å²) in [6, 6.07) is 0.526. The van der Waals surface area contributed by atoms with Gasteiger partial charge in [0, 0.05) is 6.04 Å². The van der Waals surface area contributed by atoms with Gasteiger partial charge in [0.25, 0.3) is 0 Å². The number of methoxy groups -OCH3 is 1. The van der Waals surface area contributed by atoms with Gasteiger partial charge in [-0.15, -0.1) is 0 Å². The predicted octanol–water partition coefficient (Wildman–Crippen LogP) is 1.81. The summed E-state index contributed by atoms with van der Waals surface area (Å²) in [4.78, 5) is 11.4. The minimum atomic E-state index is -0.306. The molecule has 0 bridgehead atoms. The minimum Gasteiger partial charge on any atom is -0.465 e. The van der Waals surface area contributed by atoms with E-state index in [1.807, 2.05) is 6.92 Å². The molecule has 0 amide bonds. The third-order valence-electron chi connectivity index (χ3n) is 2.16. The molecule has 1 saturated carbocycles. The fourth-order valence-corrected chi connectivity index (χ4v) is 2.08. The molecule has 0 atom stereocenters. The minimum absolute atomic E-state index is 0.306. The number of ether oxygens (including phenoxy) is 1. The molecule has 1 N–H and O–H groups in total. The normalized spacial score (nSPS) is 15.3. The topological polar surface area (TPSA) is 51.2 Å². The van der Waals surface area contributed by atoms with E-state index < -0.39 is 0 Å². The Hall–Kier alpha value is -1.10. The lowest BCUT2D eigenvalue weighted by Crippen LogP contribution is -2.08. The Morgan fingerprint density at radius 2 is 2.36 bits per heavy atom. The summed E-state index contributed by atoms with van der Waals surface area (Å²) in [7, 11) is 1.39. The Balaban J connectivity index is 2.24. The highest BCUT2D eigenvalue weighted by Gasteiger charge is 2.26. The monoisotopic (exact) mass is 212 g/mol. The Morgan fingerprint density at radius 1 is 1.64 bits per heavy atom. The molecule has 0 aromatic carbocycles. The van der Waals surface area contributed by atoms with E-state index >= 15 is 0 Å². The van der Waals surface area contributed by atoms with E-state index in [1.54, 1.807) is 0 Å². The van der Waals surface area contributed by atoms with Crippen molar-refractivity contribution in [2.75, 3.05) is 12.4 Å². The maximum Gasteiger partial charge on any atom is 0.342 e. The van der Waals surface area contributed by atoms with Gasteiger partial charge < -0.3 is 10.1 Å². The first-order valence-corrected chi connectivity index (χ1v) is 5.31. The second-order valence-electron chi connectivity index (χ2n) is 3.38. The van der Waals surface area contributed by atoms with E-state index in [2.05, 4.69) is 9.69 Å². The van der Waals surface area contributed by atoms with Crippen molar-refractivity contribution >= 4 is 22.5 Å². The van der Waals surface area contributed by atoms with Crippen LogP contribution in [0, 0.1) is 6.92 Å². The summed E-state index contributed by atoms with van der Waals surface area (Å²) in [5, 5.41) is 4.12.